The zero-order chi connectivity index (χ0) is 25.6. The van der Waals surface area contributed by atoms with Gasteiger partial charge in [0.1, 0.15) is 12.6 Å². The third-order valence-electron chi connectivity index (χ3n) is 6.19. The second-order valence-corrected chi connectivity index (χ2v) is 10.5. The lowest BCUT2D eigenvalue weighted by atomic mass is 9.87. The Morgan fingerprint density at radius 3 is 2.09 bits per heavy atom. The van der Waals surface area contributed by atoms with E-state index >= 15 is 0 Å². The van der Waals surface area contributed by atoms with Gasteiger partial charge in [0.2, 0.25) is 5.91 Å². The largest absolute Gasteiger partial charge is 0.481 e. The smallest absolute Gasteiger partial charge is 0.407 e. The zero-order valence-electron chi connectivity index (χ0n) is 21.0. The summed E-state index contributed by atoms with van der Waals surface area (Å²) >= 11 is 0. The monoisotopic (exact) mass is 480 g/mol. The lowest BCUT2D eigenvalue weighted by Gasteiger charge is -2.27. The molecule has 0 heterocycles. The van der Waals surface area contributed by atoms with E-state index in [0.717, 1.165) is 22.3 Å². The molecule has 7 nitrogen and oxygen atoms in total. The normalized spacial score (nSPS) is 14.4. The van der Waals surface area contributed by atoms with E-state index in [1.165, 1.54) is 0 Å². The molecule has 0 radical (unpaired) electrons. The van der Waals surface area contributed by atoms with Crippen LogP contribution in [0.2, 0.25) is 0 Å². The summed E-state index contributed by atoms with van der Waals surface area (Å²) in [7, 11) is 0. The fourth-order valence-electron chi connectivity index (χ4n) is 4.58. The summed E-state index contributed by atoms with van der Waals surface area (Å²) in [4.78, 5) is 36.5. The number of hydrogen-bond acceptors (Lipinski definition) is 4. The van der Waals surface area contributed by atoms with E-state index in [2.05, 4.69) is 34.9 Å². The van der Waals surface area contributed by atoms with Crippen LogP contribution in [-0.2, 0) is 14.3 Å². The highest BCUT2D eigenvalue weighted by Gasteiger charge is 2.31. The summed E-state index contributed by atoms with van der Waals surface area (Å²) in [6.45, 7) is 8.02. The molecule has 188 valence electrons. The van der Waals surface area contributed by atoms with Crippen molar-refractivity contribution in [2.45, 2.75) is 71.4 Å². The second-order valence-electron chi connectivity index (χ2n) is 10.5. The maximum Gasteiger partial charge on any atom is 0.407 e. The number of ether oxygens (including phenoxy) is 1. The fourth-order valence-corrected chi connectivity index (χ4v) is 4.58. The lowest BCUT2D eigenvalue weighted by Crippen LogP contribution is -2.50. The molecule has 1 aliphatic carbocycles. The van der Waals surface area contributed by atoms with Gasteiger partial charge in [0.15, 0.2) is 0 Å². The topological polar surface area (TPSA) is 105 Å². The van der Waals surface area contributed by atoms with Gasteiger partial charge in [-0.05, 0) is 53.9 Å². The van der Waals surface area contributed by atoms with Gasteiger partial charge in [-0.25, -0.2) is 4.79 Å². The van der Waals surface area contributed by atoms with Gasteiger partial charge < -0.3 is 20.5 Å². The molecule has 1 aliphatic rings. The van der Waals surface area contributed by atoms with Gasteiger partial charge in [0.25, 0.3) is 0 Å². The van der Waals surface area contributed by atoms with Crippen LogP contribution in [0.3, 0.4) is 0 Å². The van der Waals surface area contributed by atoms with E-state index in [1.54, 1.807) is 0 Å². The lowest BCUT2D eigenvalue weighted by molar-refractivity contribution is -0.137. The van der Waals surface area contributed by atoms with Crippen LogP contribution in [0.5, 0.6) is 0 Å². The summed E-state index contributed by atoms with van der Waals surface area (Å²) in [5.41, 5.74) is 4.35. The maximum atomic E-state index is 13.0. The Morgan fingerprint density at radius 1 is 0.971 bits per heavy atom. The zero-order valence-corrected chi connectivity index (χ0v) is 21.0. The van der Waals surface area contributed by atoms with Crippen molar-refractivity contribution in [2.24, 2.45) is 5.41 Å². The third kappa shape index (κ3) is 7.31. The van der Waals surface area contributed by atoms with Crippen molar-refractivity contribution in [3.63, 3.8) is 0 Å². The number of benzene rings is 2. The van der Waals surface area contributed by atoms with Crippen LogP contribution in [0, 0.1) is 5.41 Å². The molecule has 0 fully saturated rings. The number of alkyl carbamates (subject to hydrolysis) is 1. The van der Waals surface area contributed by atoms with E-state index in [1.807, 2.05) is 52.0 Å². The van der Waals surface area contributed by atoms with Crippen molar-refractivity contribution in [1.29, 1.82) is 0 Å². The van der Waals surface area contributed by atoms with Crippen LogP contribution in [0.15, 0.2) is 48.5 Å². The first-order valence-electron chi connectivity index (χ1n) is 12.2. The number of amides is 2. The maximum absolute atomic E-state index is 13.0. The van der Waals surface area contributed by atoms with Crippen LogP contribution in [-0.4, -0.2) is 41.8 Å². The number of carbonyl (C=O) groups is 3. The number of fused-ring (bicyclic) bond motifs is 3. The highest BCUT2D eigenvalue weighted by atomic mass is 16.5. The molecule has 7 heteroatoms. The molecule has 0 bridgehead atoms. The number of hydrogen-bond donors (Lipinski definition) is 3. The van der Waals surface area contributed by atoms with Gasteiger partial charge in [0, 0.05) is 18.4 Å². The average Bonchev–Trinajstić information content (AvgIpc) is 3.10. The van der Waals surface area contributed by atoms with E-state index in [4.69, 9.17) is 9.84 Å². The molecule has 2 aromatic rings. The van der Waals surface area contributed by atoms with Crippen LogP contribution in [0.4, 0.5) is 4.79 Å². The van der Waals surface area contributed by atoms with Gasteiger partial charge in [-0.3, -0.25) is 9.59 Å². The first-order chi connectivity index (χ1) is 16.5. The summed E-state index contributed by atoms with van der Waals surface area (Å²) in [6, 6.07) is 15.3. The Bertz CT molecular complexity index is 1010. The Morgan fingerprint density at radius 2 is 1.54 bits per heavy atom. The Hall–Kier alpha value is -3.35. The van der Waals surface area contributed by atoms with Gasteiger partial charge in [0.05, 0.1) is 0 Å². The Balaban J connectivity index is 1.62. The van der Waals surface area contributed by atoms with Crippen LogP contribution >= 0.6 is 0 Å². The van der Waals surface area contributed by atoms with Crippen molar-refractivity contribution in [1.82, 2.24) is 10.6 Å². The van der Waals surface area contributed by atoms with Gasteiger partial charge >= 0.3 is 12.1 Å². The minimum absolute atomic E-state index is 0.0581. The van der Waals surface area contributed by atoms with Crippen molar-refractivity contribution in [2.75, 3.05) is 6.61 Å². The number of carboxylic acids is 1. The van der Waals surface area contributed by atoms with Crippen LogP contribution in [0.1, 0.15) is 70.4 Å². The average molecular weight is 481 g/mol. The summed E-state index contributed by atoms with van der Waals surface area (Å²) in [6.07, 6.45) is 0.884. The standard InChI is InChI=1S/C28H36N2O5/c1-18(10-9-15-25(31)32)29-26(33)24(16-28(2,3)4)30-27(34)35-17-23-21-13-7-5-11-19(21)20-12-6-8-14-22(20)23/h5-8,11-14,18,23-24H,9-10,15-17H2,1-4H3,(H,29,33)(H,30,34)(H,31,32). The molecule has 3 rings (SSSR count). The fraction of sp³-hybridized carbons (Fsp3) is 0.464. The third-order valence-corrected chi connectivity index (χ3v) is 6.19. The molecular formula is C28H36N2O5. The SMILES string of the molecule is CC(CCCC(=O)O)NC(=O)C(CC(C)(C)C)NC(=O)OCC1c2ccccc2-c2ccccc21. The molecule has 0 aliphatic heterocycles. The van der Waals surface area contributed by atoms with Gasteiger partial charge in [-0.15, -0.1) is 0 Å². The molecule has 3 N–H and O–H groups in total. The van der Waals surface area contributed by atoms with Crippen molar-refractivity contribution in [3.05, 3.63) is 59.7 Å². The quantitative estimate of drug-likeness (QED) is 0.439. The highest BCUT2D eigenvalue weighted by Crippen LogP contribution is 2.44. The molecule has 2 atom stereocenters. The molecule has 2 aromatic carbocycles. The van der Waals surface area contributed by atoms with Crippen LogP contribution in [0.25, 0.3) is 11.1 Å². The predicted molar refractivity (Wildman–Crippen MR) is 135 cm³/mol. The molecule has 35 heavy (non-hydrogen) atoms. The number of rotatable bonds is 10. The van der Waals surface area contributed by atoms with Crippen LogP contribution < -0.4 is 10.6 Å². The first kappa shape index (κ1) is 26.3. The molecular weight excluding hydrogens is 444 g/mol. The van der Waals surface area contributed by atoms with E-state index in [-0.39, 0.29) is 36.3 Å². The predicted octanol–water partition coefficient (Wildman–Crippen LogP) is 5.09. The van der Waals surface area contributed by atoms with Crippen molar-refractivity contribution < 1.29 is 24.2 Å². The van der Waals surface area contributed by atoms with E-state index < -0.39 is 18.1 Å². The van der Waals surface area contributed by atoms with Gasteiger partial charge in [-0.2, -0.15) is 0 Å². The van der Waals surface area contributed by atoms with E-state index in [0.29, 0.717) is 19.3 Å². The molecule has 0 spiro atoms. The Labute approximate surface area is 207 Å². The second kappa shape index (κ2) is 11.4. The number of nitrogens with one attached hydrogen (secondary N) is 2. The number of carboxylic acid groups (broad SMARTS) is 1. The molecule has 2 amide bonds. The first-order valence-corrected chi connectivity index (χ1v) is 12.2. The van der Waals surface area contributed by atoms with Crippen molar-refractivity contribution in [3.8, 4) is 11.1 Å². The molecule has 2 unspecified atom stereocenters. The molecule has 0 saturated heterocycles. The van der Waals surface area contributed by atoms with Gasteiger partial charge in [-0.1, -0.05) is 69.3 Å². The number of aliphatic carboxylic acids is 1. The summed E-state index contributed by atoms with van der Waals surface area (Å²) < 4.78 is 5.64. The minimum Gasteiger partial charge on any atom is -0.481 e. The highest BCUT2D eigenvalue weighted by molar-refractivity contribution is 5.86. The number of carbonyl (C=O) groups excluding carboxylic acids is 2. The Kier molecular flexibility index (Phi) is 8.54. The van der Waals surface area contributed by atoms with Crippen molar-refractivity contribution >= 4 is 18.0 Å². The molecule has 0 aromatic heterocycles. The van der Waals surface area contributed by atoms with E-state index in [9.17, 15) is 14.4 Å². The summed E-state index contributed by atoms with van der Waals surface area (Å²) in [5.74, 6) is -1.21. The summed E-state index contributed by atoms with van der Waals surface area (Å²) in [5, 5.41) is 14.5. The minimum atomic E-state index is -0.856. The molecule has 0 saturated carbocycles.